The summed E-state index contributed by atoms with van der Waals surface area (Å²) < 4.78 is 0. The van der Waals surface area contributed by atoms with Crippen molar-refractivity contribution in [3.63, 3.8) is 0 Å². The second-order valence-corrected chi connectivity index (χ2v) is 15.6. The molecule has 1 atom stereocenters. The lowest BCUT2D eigenvalue weighted by molar-refractivity contribution is 0.828. The Hall–Kier alpha value is -7.28. The molecule has 11 rings (SSSR count). The zero-order valence-electron chi connectivity index (χ0n) is 32.1. The molecule has 0 fully saturated rings. The van der Waals surface area contributed by atoms with E-state index in [-0.39, 0.29) is 0 Å². The molecule has 0 saturated carbocycles. The monoisotopic (exact) mass is 736 g/mol. The first-order chi connectivity index (χ1) is 28.7. The summed E-state index contributed by atoms with van der Waals surface area (Å²) in [7, 11) is 0. The summed E-state index contributed by atoms with van der Waals surface area (Å²) in [5, 5.41) is 7.57. The smallest absolute Gasteiger partial charge is 0.00621 e. The molecule has 0 N–H and O–H groups in total. The minimum absolute atomic E-state index is 0.298. The lowest BCUT2D eigenvalue weighted by Gasteiger charge is -2.23. The number of hydrogen-bond donors (Lipinski definition) is 0. The van der Waals surface area contributed by atoms with Gasteiger partial charge in [-0.15, -0.1) is 0 Å². The van der Waals surface area contributed by atoms with Crippen LogP contribution in [0.5, 0.6) is 0 Å². The highest BCUT2D eigenvalue weighted by atomic mass is 14.2. The molecule has 58 heavy (non-hydrogen) atoms. The summed E-state index contributed by atoms with van der Waals surface area (Å²) in [6.45, 7) is 0. The van der Waals surface area contributed by atoms with Crippen LogP contribution in [0.2, 0.25) is 0 Å². The maximum atomic E-state index is 2.50. The molecule has 272 valence electrons. The average Bonchev–Trinajstić information content (AvgIpc) is 3.31. The fourth-order valence-corrected chi connectivity index (χ4v) is 9.20. The SMILES string of the molecule is C1=CC(c2ccc3c(-c4ccc(-c5ccccc5)cc4)c4cc(-c5ccc6ccccc6c5)ccc4c(-c4ccc(-c5ccccc5)cc4)c3c2)Cc2ccccc21. The van der Waals surface area contributed by atoms with Gasteiger partial charge in [-0.05, 0) is 129 Å². The van der Waals surface area contributed by atoms with Gasteiger partial charge in [0.25, 0.3) is 0 Å². The van der Waals surface area contributed by atoms with Crippen molar-refractivity contribution in [1.29, 1.82) is 0 Å². The van der Waals surface area contributed by atoms with E-state index in [1.165, 1.54) is 105 Å². The van der Waals surface area contributed by atoms with E-state index in [1.807, 2.05) is 0 Å². The van der Waals surface area contributed by atoms with Crippen LogP contribution in [0.3, 0.4) is 0 Å². The molecule has 10 aromatic carbocycles. The highest BCUT2D eigenvalue weighted by Crippen LogP contribution is 2.47. The Kier molecular flexibility index (Phi) is 8.41. The molecule has 0 aromatic heterocycles. The number of benzene rings is 10. The fourth-order valence-electron chi connectivity index (χ4n) is 9.20. The van der Waals surface area contributed by atoms with Crippen molar-refractivity contribution >= 4 is 38.4 Å². The highest BCUT2D eigenvalue weighted by Gasteiger charge is 2.21. The van der Waals surface area contributed by atoms with E-state index in [2.05, 4.69) is 224 Å². The van der Waals surface area contributed by atoms with Crippen LogP contribution in [0.1, 0.15) is 22.6 Å². The van der Waals surface area contributed by atoms with Crippen molar-refractivity contribution in [3.05, 3.63) is 235 Å². The standard InChI is InChI=1S/C58H40/c1-3-11-39(12-4-1)43-19-25-45(26-20-43)57-53-33-31-52(50-30-24-42-16-8-10-18-48(42)36-50)38-56(53)58(46-27-21-44(22-28-46)40-13-5-2-6-14-40)54-34-32-51(37-55(54)57)49-29-23-41-15-7-9-17-47(41)35-49/h1-35,37-38,50H,36H2. The van der Waals surface area contributed by atoms with Crippen LogP contribution in [0.4, 0.5) is 0 Å². The molecular weight excluding hydrogens is 697 g/mol. The molecule has 0 aliphatic heterocycles. The van der Waals surface area contributed by atoms with E-state index in [0.717, 1.165) is 6.42 Å². The second-order valence-electron chi connectivity index (χ2n) is 15.6. The molecule has 0 amide bonds. The van der Waals surface area contributed by atoms with Gasteiger partial charge in [-0.2, -0.15) is 0 Å². The molecule has 0 bridgehead atoms. The van der Waals surface area contributed by atoms with Crippen molar-refractivity contribution in [2.24, 2.45) is 0 Å². The van der Waals surface area contributed by atoms with Gasteiger partial charge >= 0.3 is 0 Å². The molecule has 0 saturated heterocycles. The summed E-state index contributed by atoms with van der Waals surface area (Å²) in [5.74, 6) is 0.298. The third kappa shape index (κ3) is 6.11. The van der Waals surface area contributed by atoms with Crippen LogP contribution in [-0.2, 0) is 6.42 Å². The maximum Gasteiger partial charge on any atom is 0.00621 e. The summed E-state index contributed by atoms with van der Waals surface area (Å²) in [6, 6.07) is 78.5. The predicted molar refractivity (Wildman–Crippen MR) is 248 cm³/mol. The van der Waals surface area contributed by atoms with E-state index >= 15 is 0 Å². The van der Waals surface area contributed by atoms with Crippen LogP contribution >= 0.6 is 0 Å². The van der Waals surface area contributed by atoms with Gasteiger partial charge in [-0.3, -0.25) is 0 Å². The van der Waals surface area contributed by atoms with Crippen molar-refractivity contribution < 1.29 is 0 Å². The summed E-state index contributed by atoms with van der Waals surface area (Å²) >= 11 is 0. The van der Waals surface area contributed by atoms with E-state index in [9.17, 15) is 0 Å². The Labute approximate surface area is 340 Å². The Morgan fingerprint density at radius 2 is 0.793 bits per heavy atom. The Balaban J connectivity index is 1.17. The third-order valence-electron chi connectivity index (χ3n) is 12.2. The first-order valence-corrected chi connectivity index (χ1v) is 20.3. The molecule has 1 aliphatic rings. The van der Waals surface area contributed by atoms with Gasteiger partial charge in [0.05, 0.1) is 0 Å². The molecular formula is C58H40. The summed E-state index contributed by atoms with van der Waals surface area (Å²) in [5.41, 5.74) is 16.4. The van der Waals surface area contributed by atoms with Crippen LogP contribution < -0.4 is 0 Å². The number of fused-ring (bicyclic) bond motifs is 4. The van der Waals surface area contributed by atoms with Gasteiger partial charge in [-0.25, -0.2) is 0 Å². The summed E-state index contributed by atoms with van der Waals surface area (Å²) in [4.78, 5) is 0. The van der Waals surface area contributed by atoms with Crippen LogP contribution in [-0.4, -0.2) is 0 Å². The number of hydrogen-bond acceptors (Lipinski definition) is 0. The van der Waals surface area contributed by atoms with E-state index in [0.29, 0.717) is 5.92 Å². The Morgan fingerprint density at radius 1 is 0.310 bits per heavy atom. The minimum Gasteiger partial charge on any atom is -0.0761 e. The van der Waals surface area contributed by atoms with Crippen molar-refractivity contribution in [3.8, 4) is 55.6 Å². The number of rotatable bonds is 6. The van der Waals surface area contributed by atoms with Crippen molar-refractivity contribution in [1.82, 2.24) is 0 Å². The zero-order chi connectivity index (χ0) is 38.4. The van der Waals surface area contributed by atoms with Crippen LogP contribution in [0.25, 0.3) is 94.0 Å². The Bertz CT molecular complexity index is 3150. The second kappa shape index (κ2) is 14.3. The zero-order valence-corrected chi connectivity index (χ0v) is 32.1. The lowest BCUT2D eigenvalue weighted by atomic mass is 9.81. The molecule has 1 aliphatic carbocycles. The van der Waals surface area contributed by atoms with E-state index in [4.69, 9.17) is 0 Å². The summed E-state index contributed by atoms with van der Waals surface area (Å²) in [6.07, 6.45) is 5.71. The molecule has 0 heterocycles. The first kappa shape index (κ1) is 34.0. The van der Waals surface area contributed by atoms with Crippen molar-refractivity contribution in [2.45, 2.75) is 12.3 Å². The first-order valence-electron chi connectivity index (χ1n) is 20.3. The van der Waals surface area contributed by atoms with Gasteiger partial charge < -0.3 is 0 Å². The van der Waals surface area contributed by atoms with Gasteiger partial charge in [0.15, 0.2) is 0 Å². The van der Waals surface area contributed by atoms with Gasteiger partial charge in [0, 0.05) is 5.92 Å². The molecule has 10 aromatic rings. The van der Waals surface area contributed by atoms with E-state index < -0.39 is 0 Å². The molecule has 1 unspecified atom stereocenters. The van der Waals surface area contributed by atoms with Crippen molar-refractivity contribution in [2.75, 3.05) is 0 Å². The molecule has 0 spiro atoms. The Morgan fingerprint density at radius 3 is 1.47 bits per heavy atom. The molecule has 0 heteroatoms. The van der Waals surface area contributed by atoms with Crippen LogP contribution in [0, 0.1) is 0 Å². The topological polar surface area (TPSA) is 0 Å². The van der Waals surface area contributed by atoms with Crippen LogP contribution in [0.15, 0.2) is 218 Å². The third-order valence-corrected chi connectivity index (χ3v) is 12.2. The normalized spacial score (nSPS) is 13.6. The minimum atomic E-state index is 0.298. The fraction of sp³-hybridized carbons (Fsp3) is 0.0345. The lowest BCUT2D eigenvalue weighted by Crippen LogP contribution is -2.05. The quantitative estimate of drug-likeness (QED) is 0.149. The largest absolute Gasteiger partial charge is 0.0761 e. The number of allylic oxidation sites excluding steroid dienone is 1. The highest BCUT2D eigenvalue weighted by molar-refractivity contribution is 6.22. The maximum absolute atomic E-state index is 2.50. The molecule has 0 radical (unpaired) electrons. The molecule has 0 nitrogen and oxygen atoms in total. The van der Waals surface area contributed by atoms with E-state index in [1.54, 1.807) is 0 Å². The van der Waals surface area contributed by atoms with Gasteiger partial charge in [0.1, 0.15) is 0 Å². The predicted octanol–water partition coefficient (Wildman–Crippen LogP) is 15.8. The van der Waals surface area contributed by atoms with Gasteiger partial charge in [-0.1, -0.05) is 206 Å². The van der Waals surface area contributed by atoms with Gasteiger partial charge in [0.2, 0.25) is 0 Å². The average molecular weight is 737 g/mol.